The Morgan fingerprint density at radius 3 is 1.64 bits per heavy atom. The minimum atomic E-state index is -3.64. The zero-order valence-electron chi connectivity index (χ0n) is 17.9. The fourth-order valence-corrected chi connectivity index (χ4v) is 12.1. The van der Waals surface area contributed by atoms with E-state index in [0.717, 1.165) is 0 Å². The van der Waals surface area contributed by atoms with Gasteiger partial charge < -0.3 is 32.4 Å². The van der Waals surface area contributed by atoms with Gasteiger partial charge in [-0.25, -0.2) is 4.79 Å². The molecule has 0 aliphatic heterocycles. The van der Waals surface area contributed by atoms with Crippen LogP contribution in [0.1, 0.15) is 13.8 Å². The molecule has 3 N–H and O–H groups in total. The summed E-state index contributed by atoms with van der Waals surface area (Å²) in [6, 6.07) is 0.159. The zero-order valence-corrected chi connectivity index (χ0v) is 20.9. The van der Waals surface area contributed by atoms with Gasteiger partial charge in [0.05, 0.1) is 6.61 Å². The highest BCUT2D eigenvalue weighted by Gasteiger charge is 2.42. The van der Waals surface area contributed by atoms with E-state index < -0.39 is 31.7 Å². The minimum absolute atomic E-state index is 0.159. The van der Waals surface area contributed by atoms with Gasteiger partial charge in [-0.15, -0.1) is 0 Å². The highest BCUT2D eigenvalue weighted by atomic mass is 28.5. The summed E-state index contributed by atoms with van der Waals surface area (Å²) in [7, 11) is -7.83. The molecule has 13 heteroatoms. The SMILES string of the molecule is CCOCC(=O)O.CCOCC[Si](O)(O)O[Si](C)(C)O[Si](C)(C)C.O=CC=O. The third kappa shape index (κ3) is 30.0. The van der Waals surface area contributed by atoms with Crippen LogP contribution in [0.25, 0.3) is 0 Å². The number of carboxylic acid groups (broad SMARTS) is 1. The molecule has 0 aliphatic rings. The van der Waals surface area contributed by atoms with Crippen molar-refractivity contribution in [2.75, 3.05) is 26.4 Å². The van der Waals surface area contributed by atoms with Crippen LogP contribution >= 0.6 is 0 Å². The molecule has 28 heavy (non-hydrogen) atoms. The van der Waals surface area contributed by atoms with E-state index in [-0.39, 0.29) is 25.2 Å². The summed E-state index contributed by atoms with van der Waals surface area (Å²) in [5.74, 6) is -0.915. The molecule has 0 bridgehead atoms. The van der Waals surface area contributed by atoms with Gasteiger partial charge in [-0.1, -0.05) is 0 Å². The Labute approximate surface area is 170 Å². The van der Waals surface area contributed by atoms with Gasteiger partial charge in [0, 0.05) is 19.3 Å². The van der Waals surface area contributed by atoms with Crippen molar-refractivity contribution in [2.24, 2.45) is 0 Å². The number of aliphatic carboxylic acids is 1. The molecule has 0 aromatic rings. The Kier molecular flexibility index (Phi) is 19.5. The number of carbonyl (C=O) groups excluding carboxylic acids is 2. The predicted octanol–water partition coefficient (Wildman–Crippen LogP) is 1.01. The number of hydrogen-bond acceptors (Lipinski definition) is 9. The second-order valence-corrected chi connectivity index (χ2v) is 17.4. The predicted molar refractivity (Wildman–Crippen MR) is 111 cm³/mol. The van der Waals surface area contributed by atoms with Crippen molar-refractivity contribution >= 4 is 44.2 Å². The second-order valence-electron chi connectivity index (χ2n) is 6.71. The third-order valence-corrected chi connectivity index (χ3v) is 10.8. The maximum absolute atomic E-state index is 9.84. The van der Waals surface area contributed by atoms with E-state index in [1.54, 1.807) is 6.92 Å². The summed E-state index contributed by atoms with van der Waals surface area (Å²) < 4.78 is 21.0. The van der Waals surface area contributed by atoms with Gasteiger partial charge in [-0.05, 0) is 46.6 Å². The number of hydrogen-bond donors (Lipinski definition) is 3. The summed E-state index contributed by atoms with van der Waals surface area (Å²) >= 11 is 0. The van der Waals surface area contributed by atoms with E-state index in [4.69, 9.17) is 27.7 Å². The van der Waals surface area contributed by atoms with Crippen LogP contribution in [0.5, 0.6) is 0 Å². The standard InChI is InChI=1S/C9H26O5Si3.C4H8O3.C2H2O2/c1-7-12-8-9-17(10,11)14-16(5,6)13-15(2,3)4;1-2-7-3-4(5)6;3-1-2-4/h10-11H,7-9H2,1-6H3;2-3H2,1H3,(H,5,6);1-2H. The molecule has 0 spiro atoms. The molecule has 0 unspecified atom stereocenters. The number of rotatable bonds is 12. The summed E-state index contributed by atoms with van der Waals surface area (Å²) in [5.41, 5.74) is 0. The third-order valence-electron chi connectivity index (χ3n) is 2.22. The number of carbonyl (C=O) groups is 3. The van der Waals surface area contributed by atoms with Crippen molar-refractivity contribution in [3.63, 3.8) is 0 Å². The van der Waals surface area contributed by atoms with Crippen molar-refractivity contribution in [3.8, 4) is 0 Å². The number of aldehydes is 2. The molecule has 10 nitrogen and oxygen atoms in total. The molecular weight excluding hydrogens is 424 g/mol. The average molecular weight is 461 g/mol. The lowest BCUT2D eigenvalue weighted by molar-refractivity contribution is -0.142. The molecule has 0 rings (SSSR count). The minimum Gasteiger partial charge on any atom is -0.480 e. The lowest BCUT2D eigenvalue weighted by Crippen LogP contribution is -2.54. The lowest BCUT2D eigenvalue weighted by Gasteiger charge is -2.34. The molecule has 0 radical (unpaired) electrons. The van der Waals surface area contributed by atoms with Crippen LogP contribution in [-0.4, -0.2) is 85.3 Å². The molecule has 0 saturated carbocycles. The van der Waals surface area contributed by atoms with Crippen LogP contribution < -0.4 is 0 Å². The van der Waals surface area contributed by atoms with Crippen LogP contribution in [0.15, 0.2) is 0 Å². The summed E-state index contributed by atoms with van der Waals surface area (Å²) in [5, 5.41) is 7.92. The van der Waals surface area contributed by atoms with E-state index in [1.807, 2.05) is 20.0 Å². The van der Waals surface area contributed by atoms with Crippen LogP contribution in [0.4, 0.5) is 0 Å². The van der Waals surface area contributed by atoms with Crippen molar-refractivity contribution in [3.05, 3.63) is 0 Å². The first-order valence-electron chi connectivity index (χ1n) is 8.77. The Bertz CT molecular complexity index is 419. The highest BCUT2D eigenvalue weighted by Crippen LogP contribution is 2.19. The van der Waals surface area contributed by atoms with Gasteiger partial charge in [-0.3, -0.25) is 9.59 Å². The largest absolute Gasteiger partial charge is 0.488 e. The van der Waals surface area contributed by atoms with Gasteiger partial charge in [0.1, 0.15) is 6.61 Å². The van der Waals surface area contributed by atoms with Gasteiger partial charge in [0.15, 0.2) is 20.9 Å². The Morgan fingerprint density at radius 1 is 0.893 bits per heavy atom. The van der Waals surface area contributed by atoms with E-state index in [1.165, 1.54) is 0 Å². The first-order chi connectivity index (χ1) is 12.7. The van der Waals surface area contributed by atoms with Crippen molar-refractivity contribution in [2.45, 2.75) is 52.6 Å². The Balaban J connectivity index is -0.000000466. The first-order valence-corrected chi connectivity index (χ1v) is 17.0. The maximum Gasteiger partial charge on any atom is 0.488 e. The molecule has 0 saturated heterocycles. The molecular formula is C15H36O10Si3. The Morgan fingerprint density at radius 2 is 1.36 bits per heavy atom. The molecule has 168 valence electrons. The normalized spacial score (nSPS) is 11.5. The van der Waals surface area contributed by atoms with Crippen LogP contribution in [-0.2, 0) is 32.1 Å². The van der Waals surface area contributed by atoms with Gasteiger partial charge in [-0.2, -0.15) is 0 Å². The monoisotopic (exact) mass is 460 g/mol. The van der Waals surface area contributed by atoms with Crippen LogP contribution in [0.2, 0.25) is 38.8 Å². The highest BCUT2D eigenvalue weighted by molar-refractivity contribution is 6.84. The second kappa shape index (κ2) is 17.1. The number of carboxylic acids is 1. The van der Waals surface area contributed by atoms with Crippen molar-refractivity contribution < 1.29 is 46.8 Å². The topological polar surface area (TPSA) is 149 Å². The van der Waals surface area contributed by atoms with E-state index in [9.17, 15) is 14.4 Å². The molecule has 0 aromatic carbocycles. The zero-order chi connectivity index (χ0) is 22.9. The Hall–Kier alpha value is -0.779. The average Bonchev–Trinajstić information content (AvgIpc) is 2.50. The van der Waals surface area contributed by atoms with Crippen LogP contribution in [0, 0.1) is 0 Å². The smallest absolute Gasteiger partial charge is 0.480 e. The molecule has 0 amide bonds. The number of ether oxygens (including phenoxy) is 2. The molecule has 0 fully saturated rings. The van der Waals surface area contributed by atoms with Crippen molar-refractivity contribution in [1.29, 1.82) is 0 Å². The van der Waals surface area contributed by atoms with Gasteiger partial charge in [0.25, 0.3) is 0 Å². The van der Waals surface area contributed by atoms with Crippen LogP contribution in [0.3, 0.4) is 0 Å². The van der Waals surface area contributed by atoms with E-state index in [0.29, 0.717) is 19.8 Å². The van der Waals surface area contributed by atoms with E-state index >= 15 is 0 Å². The van der Waals surface area contributed by atoms with Gasteiger partial charge in [0.2, 0.25) is 0 Å². The van der Waals surface area contributed by atoms with Gasteiger partial charge >= 0.3 is 23.3 Å². The summed E-state index contributed by atoms with van der Waals surface area (Å²) in [6.45, 7) is 14.7. The fraction of sp³-hybridized carbons (Fsp3) is 0.800. The quantitative estimate of drug-likeness (QED) is 0.167. The first kappa shape index (κ1) is 31.9. The van der Waals surface area contributed by atoms with Crippen molar-refractivity contribution in [1.82, 2.24) is 0 Å². The molecule has 0 aliphatic carbocycles. The lowest BCUT2D eigenvalue weighted by atomic mass is 10.7. The molecule has 0 heterocycles. The summed E-state index contributed by atoms with van der Waals surface area (Å²) in [4.78, 5) is 46.9. The maximum atomic E-state index is 9.84. The fourth-order valence-electron chi connectivity index (χ4n) is 1.74. The molecule has 0 atom stereocenters. The van der Waals surface area contributed by atoms with E-state index in [2.05, 4.69) is 24.4 Å². The summed E-state index contributed by atoms with van der Waals surface area (Å²) in [6.07, 6.45) is 0.389. The molecule has 0 aromatic heterocycles.